The molecule has 5 N–H and O–H groups in total. The van der Waals surface area contributed by atoms with E-state index >= 15 is 0 Å². The summed E-state index contributed by atoms with van der Waals surface area (Å²) in [6.45, 7) is 3.72. The van der Waals surface area contributed by atoms with Crippen LogP contribution in [-0.4, -0.2) is 69.6 Å². The number of carbonyl (C=O) groups excluding carboxylic acids is 3. The Morgan fingerprint density at radius 1 is 0.543 bits per heavy atom. The molecule has 1 atom stereocenters. The van der Waals surface area contributed by atoms with Gasteiger partial charge in [-0.3, -0.25) is 14.4 Å². The molecule has 272 valence electrons. The van der Waals surface area contributed by atoms with Gasteiger partial charge in [-0.25, -0.2) is 4.79 Å². The summed E-state index contributed by atoms with van der Waals surface area (Å²) < 4.78 is 4.84. The Labute approximate surface area is 279 Å². The van der Waals surface area contributed by atoms with Crippen molar-refractivity contribution in [1.82, 2.24) is 5.32 Å². The van der Waals surface area contributed by atoms with Crippen LogP contribution in [0.5, 0.6) is 0 Å². The SMILES string of the molecule is CCCCCCCCCCCCCCCC(=O)OC(=O)CC[C@H](NC(=O)CCCCCCCCCCC)C(=O)O.OCC(O)CO. The Balaban J connectivity index is 0. The van der Waals surface area contributed by atoms with E-state index in [2.05, 4.69) is 19.2 Å². The Bertz CT molecular complexity index is 728. The number of hydrogen-bond donors (Lipinski definition) is 5. The molecule has 0 radical (unpaired) electrons. The average molecular weight is 660 g/mol. The van der Waals surface area contributed by atoms with Crippen LogP contribution in [0.1, 0.15) is 181 Å². The number of nitrogens with one attached hydrogen (secondary N) is 1. The van der Waals surface area contributed by atoms with Crippen molar-refractivity contribution in [2.45, 2.75) is 193 Å². The van der Waals surface area contributed by atoms with E-state index in [9.17, 15) is 24.3 Å². The van der Waals surface area contributed by atoms with Crippen LogP contribution in [0.2, 0.25) is 0 Å². The topological polar surface area (TPSA) is 170 Å². The van der Waals surface area contributed by atoms with E-state index in [1.165, 1.54) is 103 Å². The van der Waals surface area contributed by atoms with Gasteiger partial charge in [-0.2, -0.15) is 0 Å². The lowest BCUT2D eigenvalue weighted by molar-refractivity contribution is -0.160. The molecule has 0 bridgehead atoms. The minimum absolute atomic E-state index is 0.0936. The molecule has 0 aliphatic heterocycles. The predicted molar refractivity (Wildman–Crippen MR) is 182 cm³/mol. The lowest BCUT2D eigenvalue weighted by Gasteiger charge is -2.14. The first kappa shape index (κ1) is 46.1. The van der Waals surface area contributed by atoms with Crippen LogP contribution < -0.4 is 5.32 Å². The van der Waals surface area contributed by atoms with Gasteiger partial charge in [0.15, 0.2) is 0 Å². The number of aliphatic hydroxyl groups is 3. The smallest absolute Gasteiger partial charge is 0.326 e. The van der Waals surface area contributed by atoms with Crippen LogP contribution in [-0.2, 0) is 23.9 Å². The summed E-state index contributed by atoms with van der Waals surface area (Å²) in [5.74, 6) is -2.80. The number of unbranched alkanes of at least 4 members (excludes halogenated alkanes) is 20. The van der Waals surface area contributed by atoms with Crippen molar-refractivity contribution in [2.24, 2.45) is 0 Å². The summed E-state index contributed by atoms with van der Waals surface area (Å²) in [6, 6.07) is -1.16. The second kappa shape index (κ2) is 35.8. The van der Waals surface area contributed by atoms with Gasteiger partial charge in [-0.1, -0.05) is 142 Å². The maximum Gasteiger partial charge on any atom is 0.326 e. The molecule has 0 aromatic carbocycles. The van der Waals surface area contributed by atoms with Crippen molar-refractivity contribution in [3.63, 3.8) is 0 Å². The average Bonchev–Trinajstić information content (AvgIpc) is 3.04. The molecule has 46 heavy (non-hydrogen) atoms. The Hall–Kier alpha value is -2.04. The maximum atomic E-state index is 12.1. The van der Waals surface area contributed by atoms with Gasteiger partial charge >= 0.3 is 17.9 Å². The van der Waals surface area contributed by atoms with E-state index in [1.54, 1.807) is 0 Å². The van der Waals surface area contributed by atoms with Crippen molar-refractivity contribution in [1.29, 1.82) is 0 Å². The molecule has 0 saturated carbocycles. The summed E-state index contributed by atoms with van der Waals surface area (Å²) in [5, 5.41) is 35.9. The summed E-state index contributed by atoms with van der Waals surface area (Å²) in [5.41, 5.74) is 0. The van der Waals surface area contributed by atoms with Crippen molar-refractivity contribution >= 4 is 23.8 Å². The Morgan fingerprint density at radius 3 is 1.24 bits per heavy atom. The summed E-state index contributed by atoms with van der Waals surface area (Å²) >= 11 is 0. The third kappa shape index (κ3) is 34.8. The van der Waals surface area contributed by atoms with Crippen molar-refractivity contribution in [3.05, 3.63) is 0 Å². The monoisotopic (exact) mass is 659 g/mol. The largest absolute Gasteiger partial charge is 0.480 e. The van der Waals surface area contributed by atoms with Gasteiger partial charge in [0.25, 0.3) is 0 Å². The van der Waals surface area contributed by atoms with Crippen molar-refractivity contribution in [2.75, 3.05) is 13.2 Å². The van der Waals surface area contributed by atoms with Gasteiger partial charge in [0.05, 0.1) is 13.2 Å². The van der Waals surface area contributed by atoms with Gasteiger partial charge in [0.1, 0.15) is 12.1 Å². The van der Waals surface area contributed by atoms with Crippen molar-refractivity contribution in [3.8, 4) is 0 Å². The molecule has 0 saturated heterocycles. The van der Waals surface area contributed by atoms with E-state index in [1.807, 2.05) is 0 Å². The number of carboxylic acid groups (broad SMARTS) is 1. The zero-order chi connectivity index (χ0) is 34.7. The van der Waals surface area contributed by atoms with E-state index in [0.29, 0.717) is 6.42 Å². The molecule has 10 nitrogen and oxygen atoms in total. The molecule has 10 heteroatoms. The summed E-state index contributed by atoms with van der Waals surface area (Å²) in [6.07, 6.45) is 25.2. The molecule has 0 unspecified atom stereocenters. The fraction of sp³-hybridized carbons (Fsp3) is 0.889. The molecule has 0 fully saturated rings. The Kier molecular flexibility index (Phi) is 35.9. The minimum Gasteiger partial charge on any atom is -0.480 e. The predicted octanol–water partition coefficient (Wildman–Crippen LogP) is 7.14. The van der Waals surface area contributed by atoms with E-state index in [0.717, 1.165) is 32.1 Å². The molecular weight excluding hydrogens is 590 g/mol. The quantitative estimate of drug-likeness (QED) is 0.0295. The summed E-state index contributed by atoms with van der Waals surface area (Å²) in [4.78, 5) is 47.6. The number of aliphatic carboxylic acids is 1. The van der Waals surface area contributed by atoms with Crippen LogP contribution in [0.4, 0.5) is 0 Å². The molecule has 0 aliphatic carbocycles. The van der Waals surface area contributed by atoms with Crippen LogP contribution in [0, 0.1) is 0 Å². The van der Waals surface area contributed by atoms with Gasteiger partial charge in [0.2, 0.25) is 5.91 Å². The lowest BCUT2D eigenvalue weighted by Crippen LogP contribution is -2.41. The molecule has 0 spiro atoms. The van der Waals surface area contributed by atoms with Crippen LogP contribution in [0.15, 0.2) is 0 Å². The number of carboxylic acids is 1. The maximum absolute atomic E-state index is 12.1. The number of aliphatic hydroxyl groups excluding tert-OH is 3. The van der Waals surface area contributed by atoms with Gasteiger partial charge < -0.3 is 30.5 Å². The van der Waals surface area contributed by atoms with E-state index in [-0.39, 0.29) is 44.8 Å². The van der Waals surface area contributed by atoms with Crippen molar-refractivity contribution < 1.29 is 44.3 Å². The number of ether oxygens (including phenoxy) is 1. The molecule has 0 aliphatic rings. The van der Waals surface area contributed by atoms with Gasteiger partial charge in [0, 0.05) is 19.3 Å². The Morgan fingerprint density at radius 2 is 0.891 bits per heavy atom. The first-order valence-electron chi connectivity index (χ1n) is 18.4. The van der Waals surface area contributed by atoms with Gasteiger partial charge in [-0.15, -0.1) is 0 Å². The molecular formula is C36H69NO9. The normalized spacial score (nSPS) is 11.5. The third-order valence-corrected chi connectivity index (χ3v) is 7.91. The standard InChI is InChI=1S/C33H61NO6.C3H8O3/c1-3-5-7-9-11-13-14-15-16-18-20-22-24-26-31(36)40-32(37)28-27-29(33(38)39)34-30(35)25-23-21-19-17-12-10-8-6-4-2;4-1-3(6)2-5/h29H,3-28H2,1-2H3,(H,34,35)(H,38,39);3-6H,1-2H2/t29-;/m0./s1. The highest BCUT2D eigenvalue weighted by Gasteiger charge is 2.22. The highest BCUT2D eigenvalue weighted by atomic mass is 16.6. The highest BCUT2D eigenvalue weighted by Crippen LogP contribution is 2.14. The molecule has 0 aromatic rings. The molecule has 0 heterocycles. The minimum atomic E-state index is -1.19. The first-order valence-corrected chi connectivity index (χ1v) is 18.4. The number of esters is 2. The second-order valence-electron chi connectivity index (χ2n) is 12.4. The highest BCUT2D eigenvalue weighted by molar-refractivity contribution is 5.87. The number of rotatable bonds is 31. The fourth-order valence-corrected chi connectivity index (χ4v) is 4.96. The third-order valence-electron chi connectivity index (χ3n) is 7.91. The van der Waals surface area contributed by atoms with Gasteiger partial charge in [-0.05, 0) is 19.3 Å². The zero-order valence-electron chi connectivity index (χ0n) is 29.3. The lowest BCUT2D eigenvalue weighted by atomic mass is 10.0. The number of carbonyl (C=O) groups is 4. The zero-order valence-corrected chi connectivity index (χ0v) is 29.3. The second-order valence-corrected chi connectivity index (χ2v) is 12.4. The van der Waals surface area contributed by atoms with E-state index in [4.69, 9.17) is 20.1 Å². The van der Waals surface area contributed by atoms with E-state index < -0.39 is 30.1 Å². The van der Waals surface area contributed by atoms with Crippen LogP contribution >= 0.6 is 0 Å². The van der Waals surface area contributed by atoms with Crippen LogP contribution in [0.3, 0.4) is 0 Å². The molecule has 1 amide bonds. The summed E-state index contributed by atoms with van der Waals surface area (Å²) in [7, 11) is 0. The number of amides is 1. The molecule has 0 aromatic heterocycles. The first-order chi connectivity index (χ1) is 22.2. The van der Waals surface area contributed by atoms with Crippen LogP contribution in [0.25, 0.3) is 0 Å². The fourth-order valence-electron chi connectivity index (χ4n) is 4.96. The molecule has 0 rings (SSSR count). The number of hydrogen-bond acceptors (Lipinski definition) is 8.